The first-order valence-corrected chi connectivity index (χ1v) is 5.52. The monoisotopic (exact) mass is 255 g/mol. The molecule has 2 N–H and O–H groups in total. The summed E-state index contributed by atoms with van der Waals surface area (Å²) in [5.74, 6) is 0.899. The van der Waals surface area contributed by atoms with Crippen molar-refractivity contribution >= 4 is 15.9 Å². The summed E-state index contributed by atoms with van der Waals surface area (Å²) in [6.07, 6.45) is 0.858. The van der Waals surface area contributed by atoms with E-state index < -0.39 is 0 Å². The first kappa shape index (κ1) is 9.99. The average molecular weight is 256 g/mol. The lowest BCUT2D eigenvalue weighted by Gasteiger charge is -2.36. The molecule has 14 heavy (non-hydrogen) atoms. The number of fused-ring (bicyclic) bond motifs is 1. The van der Waals surface area contributed by atoms with Gasteiger partial charge in [0, 0.05) is 18.0 Å². The summed E-state index contributed by atoms with van der Waals surface area (Å²) in [5, 5.41) is 0. The van der Waals surface area contributed by atoms with Crippen molar-refractivity contribution in [2.75, 3.05) is 0 Å². The van der Waals surface area contributed by atoms with E-state index in [1.54, 1.807) is 0 Å². The van der Waals surface area contributed by atoms with E-state index in [4.69, 9.17) is 10.5 Å². The van der Waals surface area contributed by atoms with E-state index in [0.29, 0.717) is 0 Å². The van der Waals surface area contributed by atoms with Gasteiger partial charge < -0.3 is 10.5 Å². The van der Waals surface area contributed by atoms with Gasteiger partial charge in [-0.15, -0.1) is 0 Å². The fourth-order valence-corrected chi connectivity index (χ4v) is 2.35. The quantitative estimate of drug-likeness (QED) is 0.774. The minimum atomic E-state index is -0.170. The van der Waals surface area contributed by atoms with Gasteiger partial charge in [-0.2, -0.15) is 0 Å². The summed E-state index contributed by atoms with van der Waals surface area (Å²) in [6.45, 7) is 4.13. The molecular weight excluding hydrogens is 242 g/mol. The molecule has 0 aliphatic carbocycles. The van der Waals surface area contributed by atoms with Crippen molar-refractivity contribution < 1.29 is 4.74 Å². The standard InChI is InChI=1S/C11H14BrNO/c1-11(2)6-9(13)7-4-3-5-8(12)10(7)14-11/h3-5,9H,6,13H2,1-2H3/t9-/m0/s1. The van der Waals surface area contributed by atoms with Crippen molar-refractivity contribution in [2.24, 2.45) is 5.73 Å². The third kappa shape index (κ3) is 1.66. The van der Waals surface area contributed by atoms with E-state index in [2.05, 4.69) is 29.8 Å². The lowest BCUT2D eigenvalue weighted by atomic mass is 9.90. The van der Waals surface area contributed by atoms with Crippen molar-refractivity contribution in [1.29, 1.82) is 0 Å². The van der Waals surface area contributed by atoms with Crippen LogP contribution in [0.1, 0.15) is 31.9 Å². The normalized spacial score (nSPS) is 23.9. The number of ether oxygens (including phenoxy) is 1. The van der Waals surface area contributed by atoms with E-state index in [1.165, 1.54) is 0 Å². The molecule has 1 aliphatic rings. The molecule has 2 rings (SSSR count). The molecule has 0 amide bonds. The maximum Gasteiger partial charge on any atom is 0.139 e. The van der Waals surface area contributed by atoms with Crippen molar-refractivity contribution in [3.8, 4) is 5.75 Å². The molecule has 0 spiro atoms. The van der Waals surface area contributed by atoms with Gasteiger partial charge in [0.05, 0.1) is 4.47 Å². The van der Waals surface area contributed by atoms with Crippen LogP contribution in [0, 0.1) is 0 Å². The zero-order chi connectivity index (χ0) is 10.3. The van der Waals surface area contributed by atoms with Gasteiger partial charge in [0.2, 0.25) is 0 Å². The molecule has 1 aromatic rings. The summed E-state index contributed by atoms with van der Waals surface area (Å²) < 4.78 is 6.88. The molecule has 2 nitrogen and oxygen atoms in total. The van der Waals surface area contributed by atoms with Crippen LogP contribution in [-0.2, 0) is 0 Å². The molecule has 0 saturated heterocycles. The summed E-state index contributed by atoms with van der Waals surface area (Å²) >= 11 is 3.48. The molecule has 0 radical (unpaired) electrons. The predicted molar refractivity (Wildman–Crippen MR) is 60.4 cm³/mol. The highest BCUT2D eigenvalue weighted by Gasteiger charge is 2.32. The molecule has 3 heteroatoms. The van der Waals surface area contributed by atoms with Gasteiger partial charge in [0.15, 0.2) is 0 Å². The van der Waals surface area contributed by atoms with E-state index in [9.17, 15) is 0 Å². The minimum absolute atomic E-state index is 0.0752. The van der Waals surface area contributed by atoms with Crippen LogP contribution in [0.2, 0.25) is 0 Å². The second-order valence-electron chi connectivity index (χ2n) is 4.33. The molecule has 0 bridgehead atoms. The van der Waals surface area contributed by atoms with Crippen LogP contribution in [0.25, 0.3) is 0 Å². The zero-order valence-electron chi connectivity index (χ0n) is 8.38. The van der Waals surface area contributed by atoms with Gasteiger partial charge in [0.1, 0.15) is 11.4 Å². The molecule has 0 aromatic heterocycles. The molecule has 0 fully saturated rings. The fraction of sp³-hybridized carbons (Fsp3) is 0.455. The number of hydrogen-bond acceptors (Lipinski definition) is 2. The van der Waals surface area contributed by atoms with Gasteiger partial charge in [0.25, 0.3) is 0 Å². The third-order valence-corrected chi connectivity index (χ3v) is 3.11. The van der Waals surface area contributed by atoms with E-state index in [1.807, 2.05) is 18.2 Å². The number of benzene rings is 1. The van der Waals surface area contributed by atoms with E-state index in [0.717, 1.165) is 22.2 Å². The van der Waals surface area contributed by atoms with Gasteiger partial charge in [-0.05, 0) is 35.8 Å². The number of nitrogens with two attached hydrogens (primary N) is 1. The van der Waals surface area contributed by atoms with Gasteiger partial charge in [-0.1, -0.05) is 12.1 Å². The van der Waals surface area contributed by atoms with Gasteiger partial charge in [-0.3, -0.25) is 0 Å². The number of halogens is 1. The molecular formula is C11H14BrNO. The fourth-order valence-electron chi connectivity index (χ4n) is 1.88. The number of rotatable bonds is 0. The van der Waals surface area contributed by atoms with Crippen molar-refractivity contribution in [3.63, 3.8) is 0 Å². The SMILES string of the molecule is CC1(C)C[C@H](N)c2cccc(Br)c2O1. The summed E-state index contributed by atoms with van der Waals surface area (Å²) in [5.41, 5.74) is 7.02. The van der Waals surface area contributed by atoms with Crippen LogP contribution in [0.5, 0.6) is 5.75 Å². The van der Waals surface area contributed by atoms with Crippen LogP contribution in [-0.4, -0.2) is 5.60 Å². The predicted octanol–water partition coefficient (Wildman–Crippen LogP) is 3.01. The van der Waals surface area contributed by atoms with Crippen molar-refractivity contribution in [3.05, 3.63) is 28.2 Å². The highest BCUT2D eigenvalue weighted by Crippen LogP contribution is 2.42. The topological polar surface area (TPSA) is 35.2 Å². The Morgan fingerprint density at radius 2 is 2.21 bits per heavy atom. The second-order valence-corrected chi connectivity index (χ2v) is 5.18. The average Bonchev–Trinajstić information content (AvgIpc) is 2.05. The Hall–Kier alpha value is -0.540. The molecule has 0 saturated carbocycles. The highest BCUT2D eigenvalue weighted by atomic mass is 79.9. The van der Waals surface area contributed by atoms with Crippen LogP contribution < -0.4 is 10.5 Å². The first-order chi connectivity index (χ1) is 6.49. The summed E-state index contributed by atoms with van der Waals surface area (Å²) in [6, 6.07) is 6.07. The maximum absolute atomic E-state index is 6.09. The van der Waals surface area contributed by atoms with Crippen molar-refractivity contribution in [1.82, 2.24) is 0 Å². The number of hydrogen-bond donors (Lipinski definition) is 1. The summed E-state index contributed by atoms with van der Waals surface area (Å²) in [4.78, 5) is 0. The van der Waals surface area contributed by atoms with Crippen LogP contribution in [0.3, 0.4) is 0 Å². The van der Waals surface area contributed by atoms with Gasteiger partial charge >= 0.3 is 0 Å². The van der Waals surface area contributed by atoms with Crippen molar-refractivity contribution in [2.45, 2.75) is 31.9 Å². The lowest BCUT2D eigenvalue weighted by Crippen LogP contribution is -2.37. The minimum Gasteiger partial charge on any atom is -0.486 e. The largest absolute Gasteiger partial charge is 0.486 e. The zero-order valence-corrected chi connectivity index (χ0v) is 9.97. The van der Waals surface area contributed by atoms with Crippen LogP contribution in [0.15, 0.2) is 22.7 Å². The second kappa shape index (κ2) is 3.24. The summed E-state index contributed by atoms with van der Waals surface area (Å²) in [7, 11) is 0. The highest BCUT2D eigenvalue weighted by molar-refractivity contribution is 9.10. The first-order valence-electron chi connectivity index (χ1n) is 4.73. The molecule has 1 aliphatic heterocycles. The lowest BCUT2D eigenvalue weighted by molar-refractivity contribution is 0.0719. The maximum atomic E-state index is 6.09. The molecule has 1 heterocycles. The Balaban J connectivity index is 2.51. The Bertz CT molecular complexity index is 362. The molecule has 0 unspecified atom stereocenters. The number of para-hydroxylation sites is 1. The smallest absolute Gasteiger partial charge is 0.139 e. The Kier molecular flexibility index (Phi) is 2.32. The van der Waals surface area contributed by atoms with Crippen LogP contribution >= 0.6 is 15.9 Å². The molecule has 1 aromatic carbocycles. The third-order valence-electron chi connectivity index (χ3n) is 2.49. The Morgan fingerprint density at radius 1 is 1.50 bits per heavy atom. The molecule has 1 atom stereocenters. The van der Waals surface area contributed by atoms with Gasteiger partial charge in [-0.25, -0.2) is 0 Å². The van der Waals surface area contributed by atoms with E-state index in [-0.39, 0.29) is 11.6 Å². The molecule has 76 valence electrons. The Labute approximate surface area is 92.6 Å². The van der Waals surface area contributed by atoms with Crippen LogP contribution in [0.4, 0.5) is 0 Å². The Morgan fingerprint density at radius 3 is 2.93 bits per heavy atom. The van der Waals surface area contributed by atoms with E-state index >= 15 is 0 Å².